The molecular formula is C7H11F2NO2S2. The van der Waals surface area contributed by atoms with Gasteiger partial charge in [0, 0.05) is 31.0 Å². The highest BCUT2D eigenvalue weighted by atomic mass is 32.3. The van der Waals surface area contributed by atoms with E-state index in [1.165, 1.54) is 4.90 Å². The summed E-state index contributed by atoms with van der Waals surface area (Å²) < 4.78 is 44.2. The fourth-order valence-corrected chi connectivity index (χ4v) is 1.60. The number of nitrogens with zero attached hydrogens (tertiary/aromatic N) is 1. The van der Waals surface area contributed by atoms with Gasteiger partial charge in [0.25, 0.3) is 0 Å². The molecule has 0 aromatic heterocycles. The highest BCUT2D eigenvalue weighted by molar-refractivity contribution is 7.94. The molecule has 0 saturated heterocycles. The van der Waals surface area contributed by atoms with Crippen molar-refractivity contribution in [3.8, 4) is 12.3 Å². The molecule has 82 valence electrons. The molecule has 14 heavy (non-hydrogen) atoms. The standard InChI is InChI=1S/C7H11F2NO2S2/c1-2-3-10(4-6-13-8)5-7-14(9,11)12/h1H,3-7H2. The summed E-state index contributed by atoms with van der Waals surface area (Å²) in [5.74, 6) is 1.87. The maximum atomic E-state index is 12.1. The Balaban J connectivity index is 3.91. The van der Waals surface area contributed by atoms with Crippen molar-refractivity contribution in [1.82, 2.24) is 4.90 Å². The Morgan fingerprint density at radius 3 is 2.50 bits per heavy atom. The molecule has 0 N–H and O–H groups in total. The van der Waals surface area contributed by atoms with E-state index in [4.69, 9.17) is 6.42 Å². The van der Waals surface area contributed by atoms with E-state index < -0.39 is 16.0 Å². The van der Waals surface area contributed by atoms with Crippen molar-refractivity contribution in [3.63, 3.8) is 0 Å². The average Bonchev–Trinajstić information content (AvgIpc) is 2.08. The van der Waals surface area contributed by atoms with E-state index in [1.54, 1.807) is 0 Å². The number of rotatable bonds is 7. The van der Waals surface area contributed by atoms with Crippen LogP contribution in [0.25, 0.3) is 0 Å². The van der Waals surface area contributed by atoms with Gasteiger partial charge in [-0.15, -0.1) is 10.3 Å². The normalized spacial score (nSPS) is 11.6. The molecule has 3 nitrogen and oxygen atoms in total. The predicted molar refractivity (Wildman–Crippen MR) is 53.7 cm³/mol. The summed E-state index contributed by atoms with van der Waals surface area (Å²) in [6, 6.07) is 0. The van der Waals surface area contributed by atoms with Crippen LogP contribution in [0.2, 0.25) is 0 Å². The fraction of sp³-hybridized carbons (Fsp3) is 0.714. The second-order valence-corrected chi connectivity index (χ2v) is 4.65. The van der Waals surface area contributed by atoms with Gasteiger partial charge in [-0.2, -0.15) is 12.3 Å². The van der Waals surface area contributed by atoms with Gasteiger partial charge < -0.3 is 0 Å². The molecule has 0 aliphatic heterocycles. The van der Waals surface area contributed by atoms with Crippen molar-refractivity contribution in [2.45, 2.75) is 0 Å². The van der Waals surface area contributed by atoms with Crippen LogP contribution in [-0.4, -0.2) is 44.5 Å². The molecule has 0 spiro atoms. The Kier molecular flexibility index (Phi) is 6.87. The molecule has 0 aromatic carbocycles. The molecule has 0 amide bonds. The average molecular weight is 243 g/mol. The molecule has 0 bridgehead atoms. The van der Waals surface area contributed by atoms with Gasteiger partial charge in [-0.25, -0.2) is 0 Å². The fourth-order valence-electron chi connectivity index (χ4n) is 0.801. The van der Waals surface area contributed by atoms with E-state index in [2.05, 4.69) is 5.92 Å². The van der Waals surface area contributed by atoms with Gasteiger partial charge in [0.05, 0.1) is 12.3 Å². The first kappa shape index (κ1) is 13.7. The maximum absolute atomic E-state index is 12.1. The maximum Gasteiger partial charge on any atom is 0.303 e. The third-order valence-electron chi connectivity index (χ3n) is 1.45. The molecule has 0 aromatic rings. The lowest BCUT2D eigenvalue weighted by Gasteiger charge is -2.16. The lowest BCUT2D eigenvalue weighted by molar-refractivity contribution is 0.344. The van der Waals surface area contributed by atoms with Crippen LogP contribution in [0.5, 0.6) is 0 Å². The van der Waals surface area contributed by atoms with E-state index in [0.29, 0.717) is 6.54 Å². The summed E-state index contributed by atoms with van der Waals surface area (Å²) >= 11 is 0.136. The van der Waals surface area contributed by atoms with Crippen molar-refractivity contribution >= 4 is 22.4 Å². The topological polar surface area (TPSA) is 37.4 Å². The van der Waals surface area contributed by atoms with Crippen molar-refractivity contribution in [3.05, 3.63) is 0 Å². The van der Waals surface area contributed by atoms with Crippen molar-refractivity contribution < 1.29 is 16.2 Å². The van der Waals surface area contributed by atoms with Crippen molar-refractivity contribution in [2.75, 3.05) is 31.1 Å². The zero-order valence-electron chi connectivity index (χ0n) is 7.45. The summed E-state index contributed by atoms with van der Waals surface area (Å²) in [5, 5.41) is 0. The van der Waals surface area contributed by atoms with Crippen molar-refractivity contribution in [2.24, 2.45) is 0 Å². The van der Waals surface area contributed by atoms with Gasteiger partial charge in [0.1, 0.15) is 0 Å². The molecule has 0 unspecified atom stereocenters. The highest BCUT2D eigenvalue weighted by Gasteiger charge is 2.11. The van der Waals surface area contributed by atoms with Gasteiger partial charge in [0.2, 0.25) is 0 Å². The molecule has 0 aliphatic carbocycles. The first-order chi connectivity index (χ1) is 6.49. The minimum Gasteiger partial charge on any atom is -0.290 e. The molecule has 0 heterocycles. The Hall–Kier alpha value is -0.320. The minimum absolute atomic E-state index is 0.0103. The molecule has 0 rings (SSSR count). The third-order valence-corrected chi connectivity index (χ3v) is 2.46. The van der Waals surface area contributed by atoms with Crippen LogP contribution in [0.15, 0.2) is 0 Å². The Bertz CT molecular complexity index is 287. The van der Waals surface area contributed by atoms with Gasteiger partial charge in [-0.1, -0.05) is 5.92 Å². The van der Waals surface area contributed by atoms with Crippen LogP contribution in [0.3, 0.4) is 0 Å². The Morgan fingerprint density at radius 1 is 1.43 bits per heavy atom. The Labute approximate surface area is 87.4 Å². The zero-order chi connectivity index (χ0) is 11.0. The monoisotopic (exact) mass is 243 g/mol. The summed E-state index contributed by atoms with van der Waals surface area (Å²) in [7, 11) is -4.47. The van der Waals surface area contributed by atoms with E-state index in [1.807, 2.05) is 0 Å². The van der Waals surface area contributed by atoms with Crippen molar-refractivity contribution in [1.29, 1.82) is 0 Å². The van der Waals surface area contributed by atoms with Gasteiger partial charge in [0.15, 0.2) is 0 Å². The lowest BCUT2D eigenvalue weighted by atomic mass is 10.5. The summed E-state index contributed by atoms with van der Waals surface area (Å²) in [4.78, 5) is 1.50. The van der Waals surface area contributed by atoms with Crippen LogP contribution in [0.1, 0.15) is 0 Å². The Morgan fingerprint density at radius 2 is 2.07 bits per heavy atom. The second-order valence-electron chi connectivity index (χ2n) is 2.54. The molecule has 7 heteroatoms. The molecule has 0 fully saturated rings. The summed E-state index contributed by atoms with van der Waals surface area (Å²) in [5.41, 5.74) is 0. The third kappa shape index (κ3) is 8.29. The van der Waals surface area contributed by atoms with Crippen LogP contribution < -0.4 is 0 Å². The number of halogens is 2. The van der Waals surface area contributed by atoms with Crippen LogP contribution in [-0.2, 0) is 10.2 Å². The molecule has 0 radical (unpaired) electrons. The number of hydrogen-bond acceptors (Lipinski definition) is 4. The van der Waals surface area contributed by atoms with E-state index in [9.17, 15) is 16.2 Å². The highest BCUT2D eigenvalue weighted by Crippen LogP contribution is 2.01. The largest absolute Gasteiger partial charge is 0.303 e. The van der Waals surface area contributed by atoms with Gasteiger partial charge >= 0.3 is 10.2 Å². The van der Waals surface area contributed by atoms with Crippen LogP contribution in [0.4, 0.5) is 7.77 Å². The van der Waals surface area contributed by atoms with Gasteiger partial charge in [-0.05, 0) is 0 Å². The number of hydrogen-bond donors (Lipinski definition) is 0. The summed E-state index contributed by atoms with van der Waals surface area (Å²) in [6.07, 6.45) is 5.01. The minimum atomic E-state index is -4.47. The molecule has 0 atom stereocenters. The zero-order valence-corrected chi connectivity index (χ0v) is 9.08. The first-order valence-corrected chi connectivity index (χ1v) is 6.25. The van der Waals surface area contributed by atoms with Crippen LogP contribution >= 0.6 is 12.1 Å². The SMILES string of the molecule is C#CCN(CCSF)CCS(=O)(=O)F. The quantitative estimate of drug-likeness (QED) is 0.490. The van der Waals surface area contributed by atoms with Gasteiger partial charge in [-0.3, -0.25) is 4.90 Å². The van der Waals surface area contributed by atoms with E-state index in [0.717, 1.165) is 0 Å². The predicted octanol–water partition coefficient (Wildman–Crippen LogP) is 0.839. The number of terminal acetylenes is 1. The smallest absolute Gasteiger partial charge is 0.290 e. The second kappa shape index (κ2) is 7.04. The summed E-state index contributed by atoms with van der Waals surface area (Å²) in [6.45, 7) is 0.487. The van der Waals surface area contributed by atoms with E-state index in [-0.39, 0.29) is 31.0 Å². The first-order valence-electron chi connectivity index (χ1n) is 3.81. The van der Waals surface area contributed by atoms with Crippen LogP contribution in [0, 0.1) is 12.3 Å². The molecular weight excluding hydrogens is 232 g/mol. The van der Waals surface area contributed by atoms with E-state index >= 15 is 0 Å². The molecule has 0 saturated carbocycles. The molecule has 0 aliphatic rings. The lowest BCUT2D eigenvalue weighted by Crippen LogP contribution is -2.30.